The smallest absolute Gasteiger partial charge is 0.201 e. The number of ether oxygens (including phenoxy) is 2. The van der Waals surface area contributed by atoms with E-state index in [1.807, 2.05) is 29.7 Å². The first kappa shape index (κ1) is 11.7. The number of nitrogen functional groups attached to an aromatic ring is 1. The first-order valence-corrected chi connectivity index (χ1v) is 5.47. The molecule has 1 unspecified atom stereocenters. The van der Waals surface area contributed by atoms with E-state index in [9.17, 15) is 0 Å². The number of hydrogen-bond donors (Lipinski definition) is 1. The molecule has 0 saturated heterocycles. The summed E-state index contributed by atoms with van der Waals surface area (Å²) >= 11 is 0. The van der Waals surface area contributed by atoms with Gasteiger partial charge in [-0.3, -0.25) is 0 Å². The molecule has 92 valence electrons. The average Bonchev–Trinajstić information content (AvgIpc) is 2.64. The predicted molar refractivity (Wildman–Crippen MR) is 67.3 cm³/mol. The van der Waals surface area contributed by atoms with Crippen molar-refractivity contribution in [1.29, 1.82) is 0 Å². The van der Waals surface area contributed by atoms with Crippen molar-refractivity contribution >= 4 is 17.0 Å². The van der Waals surface area contributed by atoms with Gasteiger partial charge in [0.1, 0.15) is 5.75 Å². The third-order valence-electron chi connectivity index (χ3n) is 2.77. The summed E-state index contributed by atoms with van der Waals surface area (Å²) in [5, 5.41) is 0. The fourth-order valence-electron chi connectivity index (χ4n) is 2.00. The Balaban J connectivity index is 2.52. The molecule has 2 N–H and O–H groups in total. The number of imidazole rings is 1. The van der Waals surface area contributed by atoms with Crippen LogP contribution in [0.15, 0.2) is 18.2 Å². The quantitative estimate of drug-likeness (QED) is 0.878. The Kier molecular flexibility index (Phi) is 3.19. The molecule has 2 rings (SSSR count). The molecule has 0 bridgehead atoms. The number of benzene rings is 1. The van der Waals surface area contributed by atoms with Crippen molar-refractivity contribution in [3.8, 4) is 5.75 Å². The largest absolute Gasteiger partial charge is 0.497 e. The zero-order valence-electron chi connectivity index (χ0n) is 10.3. The second kappa shape index (κ2) is 4.63. The minimum Gasteiger partial charge on any atom is -0.497 e. The van der Waals surface area contributed by atoms with Crippen LogP contribution in [0.4, 0.5) is 5.95 Å². The van der Waals surface area contributed by atoms with Crippen molar-refractivity contribution in [1.82, 2.24) is 9.55 Å². The van der Waals surface area contributed by atoms with Gasteiger partial charge in [0.15, 0.2) is 0 Å². The topological polar surface area (TPSA) is 62.3 Å². The van der Waals surface area contributed by atoms with Gasteiger partial charge in [-0.15, -0.1) is 0 Å². The highest BCUT2D eigenvalue weighted by molar-refractivity contribution is 5.80. The zero-order valence-corrected chi connectivity index (χ0v) is 10.3. The van der Waals surface area contributed by atoms with Crippen LogP contribution in [0.3, 0.4) is 0 Å². The molecule has 0 saturated carbocycles. The molecule has 5 nitrogen and oxygen atoms in total. The monoisotopic (exact) mass is 235 g/mol. The molecule has 0 fully saturated rings. The Morgan fingerprint density at radius 3 is 2.82 bits per heavy atom. The molecule has 0 radical (unpaired) electrons. The highest BCUT2D eigenvalue weighted by Gasteiger charge is 2.14. The van der Waals surface area contributed by atoms with Crippen LogP contribution < -0.4 is 10.5 Å². The summed E-state index contributed by atoms with van der Waals surface area (Å²) in [6.45, 7) is 2.65. The van der Waals surface area contributed by atoms with Gasteiger partial charge in [-0.25, -0.2) is 4.98 Å². The Labute approximate surface area is 100 Å². The van der Waals surface area contributed by atoms with Crippen molar-refractivity contribution in [2.24, 2.45) is 0 Å². The molecule has 5 heteroatoms. The number of anilines is 1. The van der Waals surface area contributed by atoms with Gasteiger partial charge < -0.3 is 19.8 Å². The van der Waals surface area contributed by atoms with Gasteiger partial charge in [-0.1, -0.05) is 0 Å². The zero-order chi connectivity index (χ0) is 12.4. The maximum absolute atomic E-state index is 5.93. The number of nitrogens with zero attached hydrogens (tertiary/aromatic N) is 2. The van der Waals surface area contributed by atoms with E-state index in [2.05, 4.69) is 4.98 Å². The predicted octanol–water partition coefficient (Wildman–Crippen LogP) is 1.83. The SMILES string of the molecule is COCC(C)n1c(N)nc2cc(OC)ccc21. The van der Waals surface area contributed by atoms with Crippen molar-refractivity contribution in [3.05, 3.63) is 18.2 Å². The van der Waals surface area contributed by atoms with Crippen molar-refractivity contribution in [2.45, 2.75) is 13.0 Å². The lowest BCUT2D eigenvalue weighted by atomic mass is 10.2. The van der Waals surface area contributed by atoms with Gasteiger partial charge in [0, 0.05) is 13.2 Å². The normalized spacial score (nSPS) is 12.9. The van der Waals surface area contributed by atoms with Crippen LogP contribution in [0.1, 0.15) is 13.0 Å². The number of aromatic nitrogens is 2. The third kappa shape index (κ3) is 2.06. The van der Waals surface area contributed by atoms with E-state index >= 15 is 0 Å². The molecule has 1 aromatic heterocycles. The molecule has 0 aliphatic heterocycles. The van der Waals surface area contributed by atoms with Crippen molar-refractivity contribution in [3.63, 3.8) is 0 Å². The first-order chi connectivity index (χ1) is 8.17. The van der Waals surface area contributed by atoms with E-state index in [1.54, 1.807) is 14.2 Å². The second-order valence-electron chi connectivity index (χ2n) is 4.00. The van der Waals surface area contributed by atoms with Crippen LogP contribution in [-0.4, -0.2) is 30.4 Å². The number of rotatable bonds is 4. The molecule has 0 spiro atoms. The number of nitrogens with two attached hydrogens (primary N) is 1. The molecule has 0 aliphatic carbocycles. The molecule has 1 heterocycles. The van der Waals surface area contributed by atoms with Crippen LogP contribution in [0.5, 0.6) is 5.75 Å². The highest BCUT2D eigenvalue weighted by atomic mass is 16.5. The average molecular weight is 235 g/mol. The Bertz CT molecular complexity index is 522. The Morgan fingerprint density at radius 2 is 2.18 bits per heavy atom. The highest BCUT2D eigenvalue weighted by Crippen LogP contribution is 2.26. The lowest BCUT2D eigenvalue weighted by Gasteiger charge is -2.14. The summed E-state index contributed by atoms with van der Waals surface area (Å²) in [5.41, 5.74) is 7.76. The maximum Gasteiger partial charge on any atom is 0.201 e. The fraction of sp³-hybridized carbons (Fsp3) is 0.417. The number of fused-ring (bicyclic) bond motifs is 1. The molecule has 0 aliphatic rings. The second-order valence-corrected chi connectivity index (χ2v) is 4.00. The van der Waals surface area contributed by atoms with E-state index in [1.165, 1.54) is 0 Å². The fourth-order valence-corrected chi connectivity index (χ4v) is 2.00. The summed E-state index contributed by atoms with van der Waals surface area (Å²) in [7, 11) is 3.31. The van der Waals surface area contributed by atoms with Crippen LogP contribution in [-0.2, 0) is 4.74 Å². The third-order valence-corrected chi connectivity index (χ3v) is 2.77. The molecular weight excluding hydrogens is 218 g/mol. The van der Waals surface area contributed by atoms with Gasteiger partial charge >= 0.3 is 0 Å². The van der Waals surface area contributed by atoms with E-state index in [0.29, 0.717) is 12.6 Å². The van der Waals surface area contributed by atoms with Crippen molar-refractivity contribution < 1.29 is 9.47 Å². The minimum absolute atomic E-state index is 0.151. The molecule has 1 aromatic carbocycles. The minimum atomic E-state index is 0.151. The summed E-state index contributed by atoms with van der Waals surface area (Å²) in [6, 6.07) is 5.89. The summed E-state index contributed by atoms with van der Waals surface area (Å²) in [5.74, 6) is 1.28. The molecule has 0 amide bonds. The Hall–Kier alpha value is -1.75. The van der Waals surface area contributed by atoms with E-state index < -0.39 is 0 Å². The van der Waals surface area contributed by atoms with Gasteiger partial charge in [0.2, 0.25) is 5.95 Å². The van der Waals surface area contributed by atoms with Crippen LogP contribution in [0.25, 0.3) is 11.0 Å². The summed E-state index contributed by atoms with van der Waals surface area (Å²) in [4.78, 5) is 4.33. The number of methoxy groups -OCH3 is 2. The Morgan fingerprint density at radius 1 is 1.41 bits per heavy atom. The number of hydrogen-bond acceptors (Lipinski definition) is 4. The standard InChI is InChI=1S/C12H17N3O2/c1-8(7-16-2)15-11-5-4-9(17-3)6-10(11)14-12(15)13/h4-6,8H,7H2,1-3H3,(H2,13,14). The maximum atomic E-state index is 5.93. The van der Waals surface area contributed by atoms with Crippen LogP contribution in [0, 0.1) is 0 Å². The van der Waals surface area contributed by atoms with Crippen LogP contribution >= 0.6 is 0 Å². The molecule has 1 atom stereocenters. The van der Waals surface area contributed by atoms with E-state index in [-0.39, 0.29) is 6.04 Å². The van der Waals surface area contributed by atoms with Crippen molar-refractivity contribution in [2.75, 3.05) is 26.6 Å². The van der Waals surface area contributed by atoms with Gasteiger partial charge in [-0.2, -0.15) is 0 Å². The van der Waals surface area contributed by atoms with Crippen LogP contribution in [0.2, 0.25) is 0 Å². The molecule has 2 aromatic rings. The molecule has 17 heavy (non-hydrogen) atoms. The lowest BCUT2D eigenvalue weighted by Crippen LogP contribution is -2.13. The lowest BCUT2D eigenvalue weighted by molar-refractivity contribution is 0.164. The van der Waals surface area contributed by atoms with Gasteiger partial charge in [-0.05, 0) is 19.1 Å². The molecular formula is C12H17N3O2. The first-order valence-electron chi connectivity index (χ1n) is 5.47. The van der Waals surface area contributed by atoms with E-state index in [4.69, 9.17) is 15.2 Å². The summed E-state index contributed by atoms with van der Waals surface area (Å²) in [6.07, 6.45) is 0. The van der Waals surface area contributed by atoms with Gasteiger partial charge in [0.05, 0.1) is 30.8 Å². The van der Waals surface area contributed by atoms with E-state index in [0.717, 1.165) is 16.8 Å². The summed E-state index contributed by atoms with van der Waals surface area (Å²) < 4.78 is 12.3. The van der Waals surface area contributed by atoms with Gasteiger partial charge in [0.25, 0.3) is 0 Å².